The van der Waals surface area contributed by atoms with E-state index in [0.717, 1.165) is 11.5 Å². The number of halogens is 1. The third-order valence-corrected chi connectivity index (χ3v) is 3.49. The number of hydrogen-bond donors (Lipinski definition) is 0. The Bertz CT molecular complexity index is 357. The first-order valence-corrected chi connectivity index (χ1v) is 6.59. The van der Waals surface area contributed by atoms with Crippen LogP contribution >= 0.6 is 11.6 Å². The molecule has 1 saturated carbocycles. The monoisotopic (exact) mass is 238 g/mol. The molecule has 1 heterocycles. The predicted molar refractivity (Wildman–Crippen MR) is 67.0 cm³/mol. The normalized spacial score (nSPS) is 18.0. The molecule has 0 unspecified atom stereocenters. The summed E-state index contributed by atoms with van der Waals surface area (Å²) in [5, 5.41) is 0.597. The van der Waals surface area contributed by atoms with Crippen molar-refractivity contribution in [3.05, 3.63) is 22.7 Å². The Morgan fingerprint density at radius 3 is 2.50 bits per heavy atom. The molecule has 0 atom stereocenters. The Kier molecular flexibility index (Phi) is 3.80. The van der Waals surface area contributed by atoms with E-state index >= 15 is 0 Å². The van der Waals surface area contributed by atoms with E-state index in [4.69, 9.17) is 11.6 Å². The highest BCUT2D eigenvalue weighted by Crippen LogP contribution is 2.31. The average molecular weight is 239 g/mol. The van der Waals surface area contributed by atoms with Gasteiger partial charge >= 0.3 is 0 Å². The Labute approximate surface area is 102 Å². The lowest BCUT2D eigenvalue weighted by Gasteiger charge is -2.21. The quantitative estimate of drug-likeness (QED) is 0.718. The van der Waals surface area contributed by atoms with Gasteiger partial charge in [0.15, 0.2) is 0 Å². The summed E-state index contributed by atoms with van der Waals surface area (Å²) in [7, 11) is 0. The van der Waals surface area contributed by atoms with Crippen LogP contribution in [0, 0.1) is 0 Å². The molecular weight excluding hydrogens is 220 g/mol. The molecule has 1 aliphatic rings. The molecule has 1 aromatic heterocycles. The van der Waals surface area contributed by atoms with Crippen molar-refractivity contribution >= 4 is 11.6 Å². The second-order valence-electron chi connectivity index (χ2n) is 4.96. The molecule has 0 saturated heterocycles. The molecule has 0 bridgehead atoms. The van der Waals surface area contributed by atoms with Gasteiger partial charge in [0.2, 0.25) is 0 Å². The highest BCUT2D eigenvalue weighted by atomic mass is 35.5. The molecule has 3 heteroatoms. The van der Waals surface area contributed by atoms with Crippen LogP contribution in [0.1, 0.15) is 69.3 Å². The van der Waals surface area contributed by atoms with Gasteiger partial charge in [0, 0.05) is 11.6 Å². The van der Waals surface area contributed by atoms with Gasteiger partial charge in [-0.1, -0.05) is 44.7 Å². The van der Waals surface area contributed by atoms with Crippen LogP contribution in [0.4, 0.5) is 0 Å². The fraction of sp³-hybridized carbons (Fsp3) is 0.692. The molecule has 1 fully saturated rings. The molecule has 88 valence electrons. The van der Waals surface area contributed by atoms with Crippen LogP contribution in [-0.4, -0.2) is 9.97 Å². The lowest BCUT2D eigenvalue weighted by atomic mass is 9.88. The van der Waals surface area contributed by atoms with E-state index < -0.39 is 0 Å². The van der Waals surface area contributed by atoms with Crippen LogP contribution in [0.25, 0.3) is 0 Å². The molecule has 2 nitrogen and oxygen atoms in total. The molecule has 0 aliphatic heterocycles. The average Bonchev–Trinajstić information content (AvgIpc) is 2.29. The molecule has 0 amide bonds. The smallest absolute Gasteiger partial charge is 0.133 e. The van der Waals surface area contributed by atoms with Crippen molar-refractivity contribution in [3.63, 3.8) is 0 Å². The van der Waals surface area contributed by atoms with E-state index in [1.165, 1.54) is 32.1 Å². The van der Waals surface area contributed by atoms with Gasteiger partial charge in [0.05, 0.1) is 0 Å². The first-order valence-electron chi connectivity index (χ1n) is 6.21. The summed E-state index contributed by atoms with van der Waals surface area (Å²) in [5.74, 6) is 1.92. The maximum Gasteiger partial charge on any atom is 0.133 e. The zero-order valence-corrected chi connectivity index (χ0v) is 10.8. The molecule has 16 heavy (non-hydrogen) atoms. The summed E-state index contributed by atoms with van der Waals surface area (Å²) < 4.78 is 0. The molecule has 0 radical (unpaired) electrons. The summed E-state index contributed by atoms with van der Waals surface area (Å²) in [4.78, 5) is 9.06. The topological polar surface area (TPSA) is 25.8 Å². The number of rotatable bonds is 2. The first-order chi connectivity index (χ1) is 7.66. The summed E-state index contributed by atoms with van der Waals surface area (Å²) in [6.07, 6.45) is 6.40. The predicted octanol–water partition coefficient (Wildman–Crippen LogP) is 4.30. The molecule has 0 spiro atoms. The van der Waals surface area contributed by atoms with Crippen LogP contribution in [0.15, 0.2) is 6.07 Å². The van der Waals surface area contributed by atoms with E-state index in [0.29, 0.717) is 17.0 Å². The molecule has 1 aromatic rings. The Morgan fingerprint density at radius 2 is 1.88 bits per heavy atom. The van der Waals surface area contributed by atoms with Gasteiger partial charge in [-0.25, -0.2) is 9.97 Å². The van der Waals surface area contributed by atoms with Crippen molar-refractivity contribution < 1.29 is 0 Å². The molecule has 0 N–H and O–H groups in total. The van der Waals surface area contributed by atoms with Gasteiger partial charge in [-0.2, -0.15) is 0 Å². The van der Waals surface area contributed by atoms with E-state index in [-0.39, 0.29) is 0 Å². The van der Waals surface area contributed by atoms with Crippen LogP contribution in [0.3, 0.4) is 0 Å². The van der Waals surface area contributed by atoms with Crippen LogP contribution in [0.2, 0.25) is 5.15 Å². The standard InChI is InChI=1S/C13H19ClN2/c1-9(2)11-8-12(14)16-13(15-11)10-6-4-3-5-7-10/h8-10H,3-7H2,1-2H3. The molecular formula is C13H19ClN2. The highest BCUT2D eigenvalue weighted by Gasteiger charge is 2.19. The summed E-state index contributed by atoms with van der Waals surface area (Å²) in [6.45, 7) is 4.28. The zero-order chi connectivity index (χ0) is 11.5. The minimum Gasteiger partial charge on any atom is -0.237 e. The second kappa shape index (κ2) is 5.13. The SMILES string of the molecule is CC(C)c1cc(Cl)nc(C2CCCCC2)n1. The maximum atomic E-state index is 6.06. The van der Waals surface area contributed by atoms with Crippen molar-refractivity contribution in [2.24, 2.45) is 0 Å². The number of hydrogen-bond acceptors (Lipinski definition) is 2. The third kappa shape index (κ3) is 2.73. The van der Waals surface area contributed by atoms with Crippen LogP contribution in [-0.2, 0) is 0 Å². The van der Waals surface area contributed by atoms with Gasteiger partial charge in [-0.3, -0.25) is 0 Å². The van der Waals surface area contributed by atoms with Crippen LogP contribution < -0.4 is 0 Å². The second-order valence-corrected chi connectivity index (χ2v) is 5.35. The molecule has 0 aromatic carbocycles. The van der Waals surface area contributed by atoms with E-state index in [2.05, 4.69) is 23.8 Å². The van der Waals surface area contributed by atoms with Gasteiger partial charge in [0.25, 0.3) is 0 Å². The lowest BCUT2D eigenvalue weighted by molar-refractivity contribution is 0.427. The lowest BCUT2D eigenvalue weighted by Crippen LogP contribution is -2.10. The fourth-order valence-electron chi connectivity index (χ4n) is 2.29. The maximum absolute atomic E-state index is 6.06. The Hall–Kier alpha value is -0.630. The molecule has 1 aliphatic carbocycles. The van der Waals surface area contributed by atoms with Crippen molar-refractivity contribution in [2.45, 2.75) is 57.8 Å². The van der Waals surface area contributed by atoms with Gasteiger partial charge < -0.3 is 0 Å². The van der Waals surface area contributed by atoms with E-state index in [1.54, 1.807) is 0 Å². The highest BCUT2D eigenvalue weighted by molar-refractivity contribution is 6.29. The largest absolute Gasteiger partial charge is 0.237 e. The van der Waals surface area contributed by atoms with Crippen LogP contribution in [0.5, 0.6) is 0 Å². The van der Waals surface area contributed by atoms with Crippen molar-refractivity contribution in [3.8, 4) is 0 Å². The van der Waals surface area contributed by atoms with Gasteiger partial charge in [0.1, 0.15) is 11.0 Å². The van der Waals surface area contributed by atoms with Crippen molar-refractivity contribution in [2.75, 3.05) is 0 Å². The van der Waals surface area contributed by atoms with E-state index in [9.17, 15) is 0 Å². The Morgan fingerprint density at radius 1 is 1.19 bits per heavy atom. The summed E-state index contributed by atoms with van der Waals surface area (Å²) in [6, 6.07) is 1.89. The minimum absolute atomic E-state index is 0.419. The number of nitrogens with zero attached hydrogens (tertiary/aromatic N) is 2. The minimum atomic E-state index is 0.419. The fourth-order valence-corrected chi connectivity index (χ4v) is 2.49. The zero-order valence-electron chi connectivity index (χ0n) is 10.0. The number of aromatic nitrogens is 2. The summed E-state index contributed by atoms with van der Waals surface area (Å²) >= 11 is 6.06. The Balaban J connectivity index is 2.25. The summed E-state index contributed by atoms with van der Waals surface area (Å²) in [5.41, 5.74) is 1.07. The van der Waals surface area contributed by atoms with Crippen molar-refractivity contribution in [1.82, 2.24) is 9.97 Å². The van der Waals surface area contributed by atoms with Gasteiger partial charge in [-0.05, 0) is 24.8 Å². The van der Waals surface area contributed by atoms with E-state index in [1.807, 2.05) is 6.07 Å². The molecule has 2 rings (SSSR count). The first kappa shape index (κ1) is 11.8. The van der Waals surface area contributed by atoms with Gasteiger partial charge in [-0.15, -0.1) is 0 Å². The van der Waals surface area contributed by atoms with Crippen molar-refractivity contribution in [1.29, 1.82) is 0 Å². The third-order valence-electron chi connectivity index (χ3n) is 3.29.